The van der Waals surface area contributed by atoms with Gasteiger partial charge in [0.2, 0.25) is 0 Å². The number of nitrogens with two attached hydrogens (primary N) is 1. The van der Waals surface area contributed by atoms with Gasteiger partial charge in [-0.2, -0.15) is 11.8 Å². The van der Waals surface area contributed by atoms with Gasteiger partial charge >= 0.3 is 0 Å². The molecule has 2 N–H and O–H groups in total. The van der Waals surface area contributed by atoms with Crippen molar-refractivity contribution >= 4 is 23.4 Å². The molecule has 1 aromatic heterocycles. The Labute approximate surface area is 123 Å². The molecule has 0 aliphatic carbocycles. The highest BCUT2D eigenvalue weighted by molar-refractivity contribution is 8.00. The van der Waals surface area contributed by atoms with E-state index >= 15 is 0 Å². The average Bonchev–Trinajstić information content (AvgIpc) is 2.47. The first kappa shape index (κ1) is 13.2. The van der Waals surface area contributed by atoms with E-state index in [4.69, 9.17) is 5.73 Å². The molecule has 0 radical (unpaired) electrons. The van der Waals surface area contributed by atoms with Crippen molar-refractivity contribution in [2.45, 2.75) is 12.2 Å². The summed E-state index contributed by atoms with van der Waals surface area (Å²) in [6.07, 6.45) is 0. The Bertz CT molecular complexity index is 588. The summed E-state index contributed by atoms with van der Waals surface area (Å²) in [4.78, 5) is 11.3. The highest BCUT2D eigenvalue weighted by Crippen LogP contribution is 2.25. The van der Waals surface area contributed by atoms with E-state index in [1.807, 2.05) is 48.2 Å². The van der Waals surface area contributed by atoms with Gasteiger partial charge in [-0.25, -0.2) is 9.97 Å². The fourth-order valence-corrected chi connectivity index (χ4v) is 3.37. The van der Waals surface area contributed by atoms with E-state index in [0.717, 1.165) is 30.2 Å². The lowest BCUT2D eigenvalue weighted by molar-refractivity contribution is 0.769. The molecule has 5 heteroatoms. The number of rotatable bonds is 2. The minimum atomic E-state index is 0.528. The van der Waals surface area contributed by atoms with Crippen LogP contribution in [0, 0.1) is 0 Å². The number of benzene rings is 1. The first-order chi connectivity index (χ1) is 9.72. The third-order valence-corrected chi connectivity index (χ3v) is 4.47. The smallest absolute Gasteiger partial charge is 0.163 e. The van der Waals surface area contributed by atoms with E-state index in [9.17, 15) is 0 Å². The second-order valence-corrected chi connectivity index (χ2v) is 6.51. The van der Waals surface area contributed by atoms with Crippen LogP contribution in [-0.2, 0) is 0 Å². The summed E-state index contributed by atoms with van der Waals surface area (Å²) < 4.78 is 0. The minimum absolute atomic E-state index is 0.528. The van der Waals surface area contributed by atoms with E-state index in [-0.39, 0.29) is 0 Å². The van der Waals surface area contributed by atoms with Gasteiger partial charge in [0, 0.05) is 35.7 Å². The molecule has 2 aromatic rings. The number of hydrogen-bond acceptors (Lipinski definition) is 5. The van der Waals surface area contributed by atoms with Gasteiger partial charge in [0.15, 0.2) is 5.82 Å². The Morgan fingerprint density at radius 2 is 2.05 bits per heavy atom. The molecule has 1 saturated heterocycles. The predicted octanol–water partition coefficient (Wildman–Crippen LogP) is 2.67. The second kappa shape index (κ2) is 5.71. The third-order valence-electron chi connectivity index (χ3n) is 3.33. The van der Waals surface area contributed by atoms with E-state index in [2.05, 4.69) is 21.8 Å². The van der Waals surface area contributed by atoms with Crippen molar-refractivity contribution in [2.75, 3.05) is 29.5 Å². The molecule has 1 aliphatic rings. The molecule has 2 heterocycles. The lowest BCUT2D eigenvalue weighted by atomic mass is 10.2. The van der Waals surface area contributed by atoms with Crippen molar-refractivity contribution in [2.24, 2.45) is 0 Å². The Kier molecular flexibility index (Phi) is 3.78. The molecule has 0 bridgehead atoms. The maximum atomic E-state index is 5.96. The maximum Gasteiger partial charge on any atom is 0.163 e. The van der Waals surface area contributed by atoms with Gasteiger partial charge in [-0.15, -0.1) is 0 Å². The van der Waals surface area contributed by atoms with Crippen LogP contribution in [0.4, 0.5) is 11.6 Å². The summed E-state index contributed by atoms with van der Waals surface area (Å²) in [6.45, 7) is 4.27. The molecule has 1 fully saturated rings. The number of hydrogen-bond donors (Lipinski definition) is 1. The highest BCUT2D eigenvalue weighted by Gasteiger charge is 2.19. The van der Waals surface area contributed by atoms with Gasteiger partial charge in [-0.05, 0) is 0 Å². The molecule has 1 atom stereocenters. The van der Waals surface area contributed by atoms with E-state index in [1.165, 1.54) is 0 Å². The largest absolute Gasteiger partial charge is 0.384 e. The zero-order valence-electron chi connectivity index (χ0n) is 11.5. The molecule has 20 heavy (non-hydrogen) atoms. The number of aromatic nitrogens is 2. The standard InChI is InChI=1S/C15H18N4S/c1-11-10-19(7-8-20-11)14-9-13(16)17-15(18-14)12-5-3-2-4-6-12/h2-6,9,11H,7-8,10H2,1H3,(H2,16,17,18). The number of nitrogen functional groups attached to an aromatic ring is 1. The van der Waals surface area contributed by atoms with Crippen molar-refractivity contribution in [3.05, 3.63) is 36.4 Å². The van der Waals surface area contributed by atoms with Gasteiger partial charge in [0.05, 0.1) is 0 Å². The average molecular weight is 286 g/mol. The molecule has 1 aliphatic heterocycles. The molecule has 0 spiro atoms. The fraction of sp³-hybridized carbons (Fsp3) is 0.333. The Morgan fingerprint density at radius 3 is 2.80 bits per heavy atom. The van der Waals surface area contributed by atoms with Crippen LogP contribution in [0.15, 0.2) is 36.4 Å². The molecule has 1 unspecified atom stereocenters. The molecule has 0 amide bonds. The molecule has 4 nitrogen and oxygen atoms in total. The lowest BCUT2D eigenvalue weighted by Crippen LogP contribution is -2.37. The van der Waals surface area contributed by atoms with Crippen LogP contribution in [0.2, 0.25) is 0 Å². The number of nitrogens with zero attached hydrogens (tertiary/aromatic N) is 3. The first-order valence-electron chi connectivity index (χ1n) is 6.79. The summed E-state index contributed by atoms with van der Waals surface area (Å²) in [6, 6.07) is 11.8. The third kappa shape index (κ3) is 2.88. The SMILES string of the molecule is CC1CN(c2cc(N)nc(-c3ccccc3)n2)CCS1. The van der Waals surface area contributed by atoms with Crippen molar-refractivity contribution in [3.63, 3.8) is 0 Å². The molecular formula is C15H18N4S. The highest BCUT2D eigenvalue weighted by atomic mass is 32.2. The Hall–Kier alpha value is -1.75. The van der Waals surface area contributed by atoms with Crippen LogP contribution >= 0.6 is 11.8 Å². The zero-order chi connectivity index (χ0) is 13.9. The van der Waals surface area contributed by atoms with Crippen LogP contribution in [0.5, 0.6) is 0 Å². The van der Waals surface area contributed by atoms with Crippen LogP contribution in [0.25, 0.3) is 11.4 Å². The van der Waals surface area contributed by atoms with Gasteiger partial charge in [0.25, 0.3) is 0 Å². The molecule has 0 saturated carbocycles. The second-order valence-electron chi connectivity index (χ2n) is 4.97. The Balaban J connectivity index is 1.94. The van der Waals surface area contributed by atoms with Crippen LogP contribution in [-0.4, -0.2) is 34.1 Å². The van der Waals surface area contributed by atoms with Crippen LogP contribution < -0.4 is 10.6 Å². The summed E-state index contributed by atoms with van der Waals surface area (Å²) in [5.74, 6) is 3.29. The van der Waals surface area contributed by atoms with Crippen molar-refractivity contribution in [1.82, 2.24) is 9.97 Å². The minimum Gasteiger partial charge on any atom is -0.384 e. The summed E-state index contributed by atoms with van der Waals surface area (Å²) >= 11 is 2.00. The van der Waals surface area contributed by atoms with Gasteiger partial charge in [-0.1, -0.05) is 37.3 Å². The predicted molar refractivity (Wildman–Crippen MR) is 86.0 cm³/mol. The van der Waals surface area contributed by atoms with Gasteiger partial charge in [0.1, 0.15) is 11.6 Å². The molecular weight excluding hydrogens is 268 g/mol. The van der Waals surface area contributed by atoms with E-state index < -0.39 is 0 Å². The maximum absolute atomic E-state index is 5.96. The normalized spacial score (nSPS) is 19.1. The summed E-state index contributed by atoms with van der Waals surface area (Å²) in [5.41, 5.74) is 6.96. The Morgan fingerprint density at radius 1 is 1.25 bits per heavy atom. The van der Waals surface area contributed by atoms with Crippen molar-refractivity contribution in [3.8, 4) is 11.4 Å². The van der Waals surface area contributed by atoms with Crippen LogP contribution in [0.1, 0.15) is 6.92 Å². The summed E-state index contributed by atoms with van der Waals surface area (Å²) in [7, 11) is 0. The topological polar surface area (TPSA) is 55.0 Å². The number of anilines is 2. The fourth-order valence-electron chi connectivity index (χ4n) is 2.36. The van der Waals surface area contributed by atoms with Crippen LogP contribution in [0.3, 0.4) is 0 Å². The molecule has 104 valence electrons. The van der Waals surface area contributed by atoms with Gasteiger partial charge in [-0.3, -0.25) is 0 Å². The van der Waals surface area contributed by atoms with E-state index in [1.54, 1.807) is 0 Å². The monoisotopic (exact) mass is 286 g/mol. The van der Waals surface area contributed by atoms with Crippen molar-refractivity contribution in [1.29, 1.82) is 0 Å². The number of thioether (sulfide) groups is 1. The molecule has 1 aromatic carbocycles. The molecule has 3 rings (SSSR count). The van der Waals surface area contributed by atoms with E-state index in [0.29, 0.717) is 16.9 Å². The first-order valence-corrected chi connectivity index (χ1v) is 7.84. The van der Waals surface area contributed by atoms with Crippen molar-refractivity contribution < 1.29 is 0 Å². The quantitative estimate of drug-likeness (QED) is 0.920. The van der Waals surface area contributed by atoms with Gasteiger partial charge < -0.3 is 10.6 Å². The zero-order valence-corrected chi connectivity index (χ0v) is 12.3. The summed E-state index contributed by atoms with van der Waals surface area (Å²) in [5, 5.41) is 0.625. The lowest BCUT2D eigenvalue weighted by Gasteiger charge is -2.31.